The molecule has 0 bridgehead atoms. The van der Waals surface area contributed by atoms with Crippen LogP contribution in [-0.2, 0) is 15.1 Å². The Morgan fingerprint density at radius 3 is 2.56 bits per heavy atom. The molecule has 4 amide bonds. The van der Waals surface area contributed by atoms with Gasteiger partial charge in [-0.05, 0) is 31.7 Å². The number of carbonyl (C=O) groups excluding carboxylic acids is 3. The minimum atomic E-state index is -1.50. The first kappa shape index (κ1) is 17.4. The molecule has 3 rings (SSSR count). The van der Waals surface area contributed by atoms with Crippen molar-refractivity contribution < 1.29 is 18.8 Å². The van der Waals surface area contributed by atoms with E-state index in [4.69, 9.17) is 0 Å². The minimum absolute atomic E-state index is 0.0927. The number of nitrogens with one attached hydrogen (secondary N) is 1. The highest BCUT2D eigenvalue weighted by Gasteiger charge is 2.50. The average Bonchev–Trinajstić information content (AvgIpc) is 2.80. The molecule has 2 aliphatic rings. The van der Waals surface area contributed by atoms with Crippen LogP contribution in [0.15, 0.2) is 24.3 Å². The summed E-state index contributed by atoms with van der Waals surface area (Å²) in [5.41, 5.74) is -1.41. The summed E-state index contributed by atoms with van der Waals surface area (Å²) in [4.78, 5) is 40.0. The van der Waals surface area contributed by atoms with Crippen LogP contribution in [0.2, 0.25) is 0 Å². The number of amides is 4. The highest BCUT2D eigenvalue weighted by atomic mass is 19.1. The molecule has 0 unspecified atom stereocenters. The number of carbonyl (C=O) groups is 3. The molecule has 2 fully saturated rings. The van der Waals surface area contributed by atoms with Crippen molar-refractivity contribution in [2.24, 2.45) is 5.92 Å². The molecule has 2 heterocycles. The van der Waals surface area contributed by atoms with E-state index in [1.165, 1.54) is 25.1 Å². The van der Waals surface area contributed by atoms with Crippen molar-refractivity contribution in [2.45, 2.75) is 32.2 Å². The molecule has 2 aliphatic heterocycles. The van der Waals surface area contributed by atoms with Crippen molar-refractivity contribution in [3.63, 3.8) is 0 Å². The van der Waals surface area contributed by atoms with Gasteiger partial charge in [-0.1, -0.05) is 25.1 Å². The van der Waals surface area contributed by atoms with Gasteiger partial charge < -0.3 is 10.2 Å². The standard InChI is InChI=1S/C18H22FN3O3/c1-12-7-9-21(10-8-12)15(23)11-22-16(24)18(2,20-17(22)25)13-5-3-4-6-14(13)19/h3-6,12H,7-11H2,1-2H3,(H,20,25)/t18-/m1/s1. The van der Waals surface area contributed by atoms with Crippen molar-refractivity contribution in [3.8, 4) is 0 Å². The van der Waals surface area contributed by atoms with Crippen LogP contribution in [0.1, 0.15) is 32.3 Å². The fraction of sp³-hybridized carbons (Fsp3) is 0.500. The number of imide groups is 1. The number of hydrogen-bond acceptors (Lipinski definition) is 3. The summed E-state index contributed by atoms with van der Waals surface area (Å²) in [5.74, 6) is -0.864. The number of rotatable bonds is 3. The topological polar surface area (TPSA) is 69.7 Å². The number of nitrogens with zero attached hydrogens (tertiary/aromatic N) is 2. The molecule has 0 saturated carbocycles. The Balaban J connectivity index is 1.76. The number of halogens is 1. The first-order valence-corrected chi connectivity index (χ1v) is 8.50. The van der Waals surface area contributed by atoms with Crippen molar-refractivity contribution in [3.05, 3.63) is 35.6 Å². The van der Waals surface area contributed by atoms with Gasteiger partial charge in [-0.25, -0.2) is 9.18 Å². The molecule has 0 aromatic heterocycles. The van der Waals surface area contributed by atoms with Gasteiger partial charge in [0.05, 0.1) is 0 Å². The Labute approximate surface area is 146 Å². The monoisotopic (exact) mass is 347 g/mol. The van der Waals surface area contributed by atoms with Gasteiger partial charge in [-0.3, -0.25) is 14.5 Å². The van der Waals surface area contributed by atoms with Gasteiger partial charge in [-0.2, -0.15) is 0 Å². The van der Waals surface area contributed by atoms with Crippen LogP contribution in [0, 0.1) is 11.7 Å². The quantitative estimate of drug-likeness (QED) is 0.849. The van der Waals surface area contributed by atoms with Crippen molar-refractivity contribution in [2.75, 3.05) is 19.6 Å². The molecule has 1 aromatic rings. The molecule has 2 saturated heterocycles. The molecule has 134 valence electrons. The molecule has 1 N–H and O–H groups in total. The zero-order chi connectivity index (χ0) is 18.2. The van der Waals surface area contributed by atoms with E-state index < -0.39 is 23.3 Å². The fourth-order valence-corrected chi connectivity index (χ4v) is 3.38. The van der Waals surface area contributed by atoms with Gasteiger partial charge >= 0.3 is 6.03 Å². The van der Waals surface area contributed by atoms with Gasteiger partial charge in [-0.15, -0.1) is 0 Å². The molecule has 0 aliphatic carbocycles. The number of urea groups is 1. The largest absolute Gasteiger partial charge is 0.341 e. The van der Waals surface area contributed by atoms with Crippen LogP contribution in [0.5, 0.6) is 0 Å². The summed E-state index contributed by atoms with van der Waals surface area (Å²) in [7, 11) is 0. The van der Waals surface area contributed by atoms with E-state index in [1.807, 2.05) is 0 Å². The third-order valence-corrected chi connectivity index (χ3v) is 5.12. The Bertz CT molecular complexity index is 715. The predicted molar refractivity (Wildman–Crippen MR) is 89.0 cm³/mol. The molecule has 25 heavy (non-hydrogen) atoms. The maximum Gasteiger partial charge on any atom is 0.325 e. The summed E-state index contributed by atoms with van der Waals surface area (Å²) in [5, 5.41) is 2.53. The van der Waals surface area contributed by atoms with E-state index in [2.05, 4.69) is 12.2 Å². The Morgan fingerprint density at radius 2 is 1.92 bits per heavy atom. The third kappa shape index (κ3) is 3.10. The van der Waals surface area contributed by atoms with E-state index in [9.17, 15) is 18.8 Å². The van der Waals surface area contributed by atoms with Crippen LogP contribution in [0.4, 0.5) is 9.18 Å². The summed E-state index contributed by atoms with van der Waals surface area (Å²) in [6.45, 7) is 4.54. The summed E-state index contributed by atoms with van der Waals surface area (Å²) < 4.78 is 14.1. The van der Waals surface area contributed by atoms with Crippen molar-refractivity contribution >= 4 is 17.8 Å². The molecule has 0 radical (unpaired) electrons. The normalized spacial score (nSPS) is 24.6. The van der Waals surface area contributed by atoms with Crippen molar-refractivity contribution in [1.82, 2.24) is 15.1 Å². The van der Waals surface area contributed by atoms with Crippen LogP contribution in [-0.4, -0.2) is 47.3 Å². The zero-order valence-corrected chi connectivity index (χ0v) is 14.4. The molecule has 1 aromatic carbocycles. The first-order chi connectivity index (χ1) is 11.8. The summed E-state index contributed by atoms with van der Waals surface area (Å²) in [6.07, 6.45) is 1.83. The van der Waals surface area contributed by atoms with Gasteiger partial charge in [0.2, 0.25) is 5.91 Å². The van der Waals surface area contributed by atoms with Crippen LogP contribution < -0.4 is 5.32 Å². The zero-order valence-electron chi connectivity index (χ0n) is 14.4. The SMILES string of the molecule is CC1CCN(C(=O)CN2C(=O)N[C@](C)(c3ccccc3F)C2=O)CC1. The lowest BCUT2D eigenvalue weighted by Crippen LogP contribution is -2.46. The van der Waals surface area contributed by atoms with Gasteiger partial charge in [0.25, 0.3) is 5.91 Å². The van der Waals surface area contributed by atoms with E-state index in [0.29, 0.717) is 19.0 Å². The van der Waals surface area contributed by atoms with Crippen LogP contribution in [0.25, 0.3) is 0 Å². The average molecular weight is 347 g/mol. The predicted octanol–water partition coefficient (Wildman–Crippen LogP) is 1.85. The van der Waals surface area contributed by atoms with E-state index in [-0.39, 0.29) is 18.0 Å². The second kappa shape index (κ2) is 6.46. The molecule has 6 nitrogen and oxygen atoms in total. The molecule has 7 heteroatoms. The maximum atomic E-state index is 14.1. The Kier molecular flexibility index (Phi) is 4.49. The summed E-state index contributed by atoms with van der Waals surface area (Å²) in [6, 6.07) is 5.15. The number of hydrogen-bond donors (Lipinski definition) is 1. The van der Waals surface area contributed by atoms with E-state index in [1.54, 1.807) is 11.0 Å². The first-order valence-electron chi connectivity index (χ1n) is 8.50. The van der Waals surface area contributed by atoms with E-state index in [0.717, 1.165) is 17.7 Å². The highest BCUT2D eigenvalue weighted by molar-refractivity contribution is 6.09. The van der Waals surface area contributed by atoms with Gasteiger partial charge in [0.1, 0.15) is 17.9 Å². The molecule has 1 atom stereocenters. The van der Waals surface area contributed by atoms with Crippen LogP contribution in [0.3, 0.4) is 0 Å². The molecular weight excluding hydrogens is 325 g/mol. The number of benzene rings is 1. The minimum Gasteiger partial charge on any atom is -0.341 e. The lowest BCUT2D eigenvalue weighted by Gasteiger charge is -2.31. The highest BCUT2D eigenvalue weighted by Crippen LogP contribution is 2.30. The third-order valence-electron chi connectivity index (χ3n) is 5.12. The Morgan fingerprint density at radius 1 is 1.28 bits per heavy atom. The van der Waals surface area contributed by atoms with Gasteiger partial charge in [0.15, 0.2) is 0 Å². The summed E-state index contributed by atoms with van der Waals surface area (Å²) >= 11 is 0. The van der Waals surface area contributed by atoms with Crippen molar-refractivity contribution in [1.29, 1.82) is 0 Å². The second-order valence-corrected chi connectivity index (χ2v) is 6.99. The van der Waals surface area contributed by atoms with Gasteiger partial charge in [0, 0.05) is 18.7 Å². The number of piperidine rings is 1. The second-order valence-electron chi connectivity index (χ2n) is 6.99. The van der Waals surface area contributed by atoms with E-state index >= 15 is 0 Å². The smallest absolute Gasteiger partial charge is 0.325 e. The molecule has 0 spiro atoms. The Hall–Kier alpha value is -2.44. The molecular formula is C18H22FN3O3. The maximum absolute atomic E-state index is 14.1. The number of likely N-dealkylation sites (tertiary alicyclic amines) is 1. The lowest BCUT2D eigenvalue weighted by molar-refractivity contribution is -0.139. The fourth-order valence-electron chi connectivity index (χ4n) is 3.38. The van der Waals surface area contributed by atoms with Crippen LogP contribution >= 0.6 is 0 Å². The lowest BCUT2D eigenvalue weighted by atomic mass is 9.91.